The Kier molecular flexibility index (Phi) is 5.83. The number of hydrogen-bond donors (Lipinski definition) is 2. The van der Waals surface area contributed by atoms with Crippen molar-refractivity contribution in [3.8, 4) is 0 Å². The van der Waals surface area contributed by atoms with Crippen LogP contribution in [0.2, 0.25) is 0 Å². The minimum atomic E-state index is -0.393. The van der Waals surface area contributed by atoms with Gasteiger partial charge in [-0.1, -0.05) is 0 Å². The first-order valence-corrected chi connectivity index (χ1v) is 8.11. The molecule has 1 aromatic rings. The van der Waals surface area contributed by atoms with Gasteiger partial charge in [-0.05, 0) is 31.2 Å². The number of rotatable bonds is 5. The van der Waals surface area contributed by atoms with Crippen molar-refractivity contribution >= 4 is 35.2 Å². The Morgan fingerprint density at radius 3 is 2.73 bits per heavy atom. The average molecular weight is 322 g/mol. The van der Waals surface area contributed by atoms with Gasteiger partial charge >= 0.3 is 5.97 Å². The number of nitrogens with one attached hydrogen (secondary N) is 2. The molecule has 1 aliphatic rings. The Balaban J connectivity index is 1.88. The van der Waals surface area contributed by atoms with Crippen molar-refractivity contribution in [2.24, 2.45) is 0 Å². The van der Waals surface area contributed by atoms with Crippen molar-refractivity contribution in [3.05, 3.63) is 29.8 Å². The average Bonchev–Trinajstić information content (AvgIpc) is 2.50. The Hall–Kier alpha value is -2.02. The molecule has 0 unspecified atom stereocenters. The predicted molar refractivity (Wildman–Crippen MR) is 84.9 cm³/mol. The van der Waals surface area contributed by atoms with Crippen molar-refractivity contribution in [1.82, 2.24) is 5.32 Å². The van der Waals surface area contributed by atoms with Crippen LogP contribution in [0.1, 0.15) is 23.7 Å². The summed E-state index contributed by atoms with van der Waals surface area (Å²) in [5.74, 6) is 0.107. The molecule has 2 rings (SSSR count). The third-order valence-electron chi connectivity index (χ3n) is 3.06. The molecule has 0 spiro atoms. The second-order valence-electron chi connectivity index (χ2n) is 4.70. The molecular formula is C15H18N2O4S. The largest absolute Gasteiger partial charge is 0.462 e. The van der Waals surface area contributed by atoms with E-state index in [4.69, 9.17) is 4.74 Å². The zero-order valence-corrected chi connectivity index (χ0v) is 13.1. The molecule has 6 nitrogen and oxygen atoms in total. The monoisotopic (exact) mass is 322 g/mol. The van der Waals surface area contributed by atoms with E-state index >= 15 is 0 Å². The summed E-state index contributed by atoms with van der Waals surface area (Å²) in [6, 6.07) is 6.46. The highest BCUT2D eigenvalue weighted by atomic mass is 32.2. The number of carbonyl (C=O) groups excluding carboxylic acids is 3. The van der Waals surface area contributed by atoms with Crippen molar-refractivity contribution in [1.29, 1.82) is 0 Å². The summed E-state index contributed by atoms with van der Waals surface area (Å²) in [7, 11) is 0. The minimum Gasteiger partial charge on any atom is -0.462 e. The van der Waals surface area contributed by atoms with Crippen molar-refractivity contribution in [2.45, 2.75) is 18.6 Å². The summed E-state index contributed by atoms with van der Waals surface area (Å²) < 4.78 is 4.89. The molecule has 118 valence electrons. The van der Waals surface area contributed by atoms with E-state index in [0.29, 0.717) is 24.4 Å². The van der Waals surface area contributed by atoms with Crippen LogP contribution in [0.5, 0.6) is 0 Å². The van der Waals surface area contributed by atoms with Gasteiger partial charge in [-0.15, -0.1) is 11.8 Å². The molecule has 1 heterocycles. The second-order valence-corrected chi connectivity index (χ2v) is 6.01. The van der Waals surface area contributed by atoms with Crippen LogP contribution in [-0.2, 0) is 14.3 Å². The number of hydrogen-bond acceptors (Lipinski definition) is 5. The lowest BCUT2D eigenvalue weighted by Crippen LogP contribution is -2.40. The number of ether oxygens (including phenoxy) is 1. The number of thioether (sulfide) groups is 1. The molecule has 1 saturated heterocycles. The summed E-state index contributed by atoms with van der Waals surface area (Å²) in [5, 5.41) is 5.13. The highest BCUT2D eigenvalue weighted by Crippen LogP contribution is 2.19. The summed E-state index contributed by atoms with van der Waals surface area (Å²) in [6.45, 7) is 2.71. The van der Waals surface area contributed by atoms with E-state index in [1.54, 1.807) is 31.2 Å². The van der Waals surface area contributed by atoms with E-state index in [-0.39, 0.29) is 23.5 Å². The Labute approximate surface area is 133 Å². The van der Waals surface area contributed by atoms with E-state index in [2.05, 4.69) is 10.6 Å². The molecule has 0 aromatic heterocycles. The molecule has 1 atom stereocenters. The van der Waals surface area contributed by atoms with E-state index < -0.39 is 5.97 Å². The molecule has 2 N–H and O–H groups in total. The quantitative estimate of drug-likeness (QED) is 0.801. The first-order chi connectivity index (χ1) is 10.6. The van der Waals surface area contributed by atoms with Gasteiger partial charge in [0.15, 0.2) is 0 Å². The number of anilines is 1. The van der Waals surface area contributed by atoms with Gasteiger partial charge in [-0.2, -0.15) is 0 Å². The van der Waals surface area contributed by atoms with Gasteiger partial charge in [0.1, 0.15) is 0 Å². The van der Waals surface area contributed by atoms with Gasteiger partial charge in [0, 0.05) is 24.4 Å². The lowest BCUT2D eigenvalue weighted by Gasteiger charge is -2.20. The molecule has 2 amide bonds. The van der Waals surface area contributed by atoms with Gasteiger partial charge in [-0.25, -0.2) is 4.79 Å². The lowest BCUT2D eigenvalue weighted by atomic mass is 10.2. The molecule has 0 saturated carbocycles. The fraction of sp³-hybridized carbons (Fsp3) is 0.400. The molecule has 1 aliphatic heterocycles. The van der Waals surface area contributed by atoms with E-state index in [1.807, 2.05) is 0 Å². The third-order valence-corrected chi connectivity index (χ3v) is 4.29. The van der Waals surface area contributed by atoms with Gasteiger partial charge in [0.2, 0.25) is 11.8 Å². The predicted octanol–water partition coefficient (Wildman–Crippen LogP) is 1.42. The summed E-state index contributed by atoms with van der Waals surface area (Å²) in [4.78, 5) is 35.1. The lowest BCUT2D eigenvalue weighted by molar-refractivity contribution is -0.123. The molecular weight excluding hydrogens is 304 g/mol. The molecule has 7 heteroatoms. The molecule has 1 aromatic carbocycles. The van der Waals surface area contributed by atoms with Crippen LogP contribution in [0, 0.1) is 0 Å². The minimum absolute atomic E-state index is 0.0935. The highest BCUT2D eigenvalue weighted by molar-refractivity contribution is 8.00. The van der Waals surface area contributed by atoms with Crippen LogP contribution in [0.25, 0.3) is 0 Å². The zero-order valence-electron chi connectivity index (χ0n) is 12.3. The van der Waals surface area contributed by atoms with Crippen LogP contribution < -0.4 is 10.6 Å². The van der Waals surface area contributed by atoms with Gasteiger partial charge < -0.3 is 15.4 Å². The molecule has 0 aliphatic carbocycles. The number of benzene rings is 1. The Morgan fingerprint density at radius 1 is 1.36 bits per heavy atom. The number of amides is 2. The normalized spacial score (nSPS) is 17.5. The topological polar surface area (TPSA) is 84.5 Å². The zero-order chi connectivity index (χ0) is 15.9. The summed E-state index contributed by atoms with van der Waals surface area (Å²) in [5.41, 5.74) is 1.02. The van der Waals surface area contributed by atoms with E-state index in [9.17, 15) is 14.4 Å². The molecule has 22 heavy (non-hydrogen) atoms. The van der Waals surface area contributed by atoms with Gasteiger partial charge in [0.05, 0.1) is 17.4 Å². The Bertz CT molecular complexity index is 559. The summed E-state index contributed by atoms with van der Waals surface area (Å²) in [6.07, 6.45) is 0.135. The third kappa shape index (κ3) is 4.49. The maximum absolute atomic E-state index is 12.0. The standard InChI is InChI=1S/C15H18N2O4S/c1-2-21-15(20)10-3-5-11(6-4-10)17-13(18)9-12-14(19)16-7-8-22-12/h3-6,12H,2,7-9H2,1H3,(H,16,19)(H,17,18)/t12-/m1/s1. The first kappa shape index (κ1) is 16.4. The molecule has 0 bridgehead atoms. The van der Waals surface area contributed by atoms with Gasteiger partial charge in [-0.3, -0.25) is 9.59 Å². The number of esters is 1. The smallest absolute Gasteiger partial charge is 0.338 e. The van der Waals surface area contributed by atoms with E-state index in [0.717, 1.165) is 5.75 Å². The molecule has 1 fully saturated rings. The maximum Gasteiger partial charge on any atom is 0.338 e. The fourth-order valence-corrected chi connectivity index (χ4v) is 3.01. The highest BCUT2D eigenvalue weighted by Gasteiger charge is 2.25. The number of carbonyl (C=O) groups is 3. The van der Waals surface area contributed by atoms with Crippen molar-refractivity contribution in [2.75, 3.05) is 24.2 Å². The van der Waals surface area contributed by atoms with Crippen LogP contribution in [0.4, 0.5) is 5.69 Å². The van der Waals surface area contributed by atoms with Crippen LogP contribution >= 0.6 is 11.8 Å². The van der Waals surface area contributed by atoms with Crippen molar-refractivity contribution in [3.63, 3.8) is 0 Å². The van der Waals surface area contributed by atoms with Crippen LogP contribution in [0.3, 0.4) is 0 Å². The van der Waals surface area contributed by atoms with Crippen molar-refractivity contribution < 1.29 is 19.1 Å². The second kappa shape index (κ2) is 7.84. The van der Waals surface area contributed by atoms with Crippen LogP contribution in [-0.4, -0.2) is 41.9 Å². The maximum atomic E-state index is 12.0. The van der Waals surface area contributed by atoms with E-state index in [1.165, 1.54) is 11.8 Å². The van der Waals surface area contributed by atoms with Crippen LogP contribution in [0.15, 0.2) is 24.3 Å². The van der Waals surface area contributed by atoms with Gasteiger partial charge in [0.25, 0.3) is 0 Å². The molecule has 0 radical (unpaired) electrons. The fourth-order valence-electron chi connectivity index (χ4n) is 2.00. The summed E-state index contributed by atoms with van der Waals surface area (Å²) >= 11 is 1.49. The Morgan fingerprint density at radius 2 is 2.09 bits per heavy atom. The SMILES string of the molecule is CCOC(=O)c1ccc(NC(=O)C[C@H]2SCCNC2=O)cc1. The first-order valence-electron chi connectivity index (χ1n) is 7.06.